The molecular weight excluding hydrogens is 256 g/mol. The van der Waals surface area contributed by atoms with Crippen molar-refractivity contribution in [1.82, 2.24) is 4.57 Å². The van der Waals surface area contributed by atoms with Crippen molar-refractivity contribution < 1.29 is 4.57 Å². The molecule has 0 aliphatic carbocycles. The molecule has 0 spiro atoms. The Morgan fingerprint density at radius 3 is 2.00 bits per heavy atom. The van der Waals surface area contributed by atoms with Crippen LogP contribution in [0.3, 0.4) is 0 Å². The fraction of sp³-hybridized carbons (Fsp3) is 0.842. The second-order valence-corrected chi connectivity index (χ2v) is 6.45. The van der Waals surface area contributed by atoms with Gasteiger partial charge >= 0.3 is 0 Å². The number of nitrogens with zero attached hydrogens (tertiary/aromatic N) is 2. The Hall–Kier alpha value is -0.790. The van der Waals surface area contributed by atoms with Crippen LogP contribution < -0.4 is 4.57 Å². The highest BCUT2D eigenvalue weighted by Gasteiger charge is 2.13. The molecule has 0 unspecified atom stereocenters. The summed E-state index contributed by atoms with van der Waals surface area (Å²) in [5.74, 6) is 1.51. The summed E-state index contributed by atoms with van der Waals surface area (Å²) >= 11 is 0. The lowest BCUT2D eigenvalue weighted by molar-refractivity contribution is -0.678. The first-order valence-corrected chi connectivity index (χ1v) is 9.33. The highest BCUT2D eigenvalue weighted by atomic mass is 15.1. The third-order valence-electron chi connectivity index (χ3n) is 4.47. The maximum atomic E-state index is 2.45. The van der Waals surface area contributed by atoms with Crippen LogP contribution in [-0.4, -0.2) is 4.57 Å². The monoisotopic (exact) mass is 293 g/mol. The van der Waals surface area contributed by atoms with Crippen LogP contribution in [0.2, 0.25) is 0 Å². The molecule has 1 aromatic heterocycles. The minimum absolute atomic E-state index is 1.18. The summed E-state index contributed by atoms with van der Waals surface area (Å²) in [6.45, 7) is 5.74. The smallest absolute Gasteiger partial charge is 0.237 e. The minimum atomic E-state index is 1.18. The topological polar surface area (TPSA) is 8.81 Å². The summed E-state index contributed by atoms with van der Waals surface area (Å²) in [5.41, 5.74) is 0. The molecule has 0 radical (unpaired) electrons. The molecule has 0 saturated carbocycles. The quantitative estimate of drug-likeness (QED) is 0.350. The molecule has 0 aliphatic heterocycles. The second-order valence-electron chi connectivity index (χ2n) is 6.45. The molecule has 2 nitrogen and oxygen atoms in total. The van der Waals surface area contributed by atoms with Crippen molar-refractivity contribution in [2.45, 2.75) is 97.4 Å². The van der Waals surface area contributed by atoms with Crippen LogP contribution in [-0.2, 0) is 20.0 Å². The standard InChI is InChI=1S/C19H37N2/c1-4-6-8-9-10-11-12-13-14-15-19-20(3)17-18-21(19)16-7-5-2/h17-18H,4-16H2,1-3H3/q+1. The first-order chi connectivity index (χ1) is 10.3. The van der Waals surface area contributed by atoms with Crippen molar-refractivity contribution in [2.24, 2.45) is 7.05 Å². The van der Waals surface area contributed by atoms with Gasteiger partial charge < -0.3 is 0 Å². The number of unbranched alkanes of at least 4 members (excludes halogenated alkanes) is 9. The molecule has 1 aromatic rings. The van der Waals surface area contributed by atoms with E-state index in [4.69, 9.17) is 0 Å². The zero-order valence-corrected chi connectivity index (χ0v) is 14.7. The molecule has 2 heteroatoms. The summed E-state index contributed by atoms with van der Waals surface area (Å²) in [5, 5.41) is 0. The van der Waals surface area contributed by atoms with Crippen LogP contribution in [0.25, 0.3) is 0 Å². The van der Waals surface area contributed by atoms with Gasteiger partial charge in [-0.3, -0.25) is 0 Å². The van der Waals surface area contributed by atoms with Gasteiger partial charge in [0.15, 0.2) is 0 Å². The predicted octanol–water partition coefficient (Wildman–Crippen LogP) is 5.19. The van der Waals surface area contributed by atoms with Crippen LogP contribution in [0.1, 0.15) is 90.3 Å². The van der Waals surface area contributed by atoms with Crippen LogP contribution in [0.5, 0.6) is 0 Å². The molecule has 0 amide bonds. The Labute approximate surface area is 132 Å². The van der Waals surface area contributed by atoms with E-state index in [1.54, 1.807) is 0 Å². The van der Waals surface area contributed by atoms with E-state index in [1.807, 2.05) is 0 Å². The highest BCUT2D eigenvalue weighted by molar-refractivity contribution is 4.84. The lowest BCUT2D eigenvalue weighted by atomic mass is 10.1. The van der Waals surface area contributed by atoms with Gasteiger partial charge in [-0.2, -0.15) is 0 Å². The van der Waals surface area contributed by atoms with Crippen LogP contribution in [0, 0.1) is 0 Å². The average molecular weight is 294 g/mol. The molecule has 0 aromatic carbocycles. The molecule has 0 N–H and O–H groups in total. The van der Waals surface area contributed by atoms with Gasteiger partial charge in [0.1, 0.15) is 12.4 Å². The van der Waals surface area contributed by atoms with E-state index in [2.05, 4.69) is 42.4 Å². The Morgan fingerprint density at radius 2 is 1.38 bits per heavy atom. The van der Waals surface area contributed by atoms with Gasteiger partial charge in [-0.15, -0.1) is 0 Å². The average Bonchev–Trinajstić information content (AvgIpc) is 2.84. The van der Waals surface area contributed by atoms with E-state index < -0.39 is 0 Å². The van der Waals surface area contributed by atoms with E-state index in [9.17, 15) is 0 Å². The SMILES string of the molecule is CCCCCCCCCCCc1n(CCCC)cc[n+]1C. The fourth-order valence-electron chi connectivity index (χ4n) is 3.00. The van der Waals surface area contributed by atoms with Gasteiger partial charge in [0.25, 0.3) is 5.82 Å². The van der Waals surface area contributed by atoms with E-state index in [1.165, 1.54) is 89.4 Å². The third-order valence-corrected chi connectivity index (χ3v) is 4.47. The van der Waals surface area contributed by atoms with Crippen LogP contribution >= 0.6 is 0 Å². The van der Waals surface area contributed by atoms with Crippen LogP contribution in [0.15, 0.2) is 12.4 Å². The van der Waals surface area contributed by atoms with Crippen molar-refractivity contribution in [3.05, 3.63) is 18.2 Å². The Morgan fingerprint density at radius 1 is 0.810 bits per heavy atom. The van der Waals surface area contributed by atoms with Gasteiger partial charge in [0.05, 0.1) is 13.6 Å². The van der Waals surface area contributed by atoms with Crippen molar-refractivity contribution in [2.75, 3.05) is 0 Å². The number of hydrogen-bond donors (Lipinski definition) is 0. The molecule has 0 aliphatic rings. The van der Waals surface area contributed by atoms with Gasteiger partial charge in [-0.25, -0.2) is 9.13 Å². The van der Waals surface area contributed by atoms with Crippen LogP contribution in [0.4, 0.5) is 0 Å². The number of aromatic nitrogens is 2. The van der Waals surface area contributed by atoms with Gasteiger partial charge in [-0.05, 0) is 12.8 Å². The van der Waals surface area contributed by atoms with Crippen molar-refractivity contribution in [3.63, 3.8) is 0 Å². The molecular formula is C19H37N2+. The van der Waals surface area contributed by atoms with E-state index >= 15 is 0 Å². The second kappa shape index (κ2) is 11.8. The van der Waals surface area contributed by atoms with Gasteiger partial charge in [0, 0.05) is 6.42 Å². The van der Waals surface area contributed by atoms with E-state index in [0.29, 0.717) is 0 Å². The molecule has 0 atom stereocenters. The van der Waals surface area contributed by atoms with Crippen molar-refractivity contribution in [3.8, 4) is 0 Å². The molecule has 122 valence electrons. The van der Waals surface area contributed by atoms with Gasteiger partial charge in [0.2, 0.25) is 0 Å². The molecule has 0 fully saturated rings. The summed E-state index contributed by atoms with van der Waals surface area (Å²) < 4.78 is 4.76. The van der Waals surface area contributed by atoms with Crippen molar-refractivity contribution in [1.29, 1.82) is 0 Å². The molecule has 1 heterocycles. The largest absolute Gasteiger partial charge is 0.256 e. The third kappa shape index (κ3) is 7.68. The van der Waals surface area contributed by atoms with Gasteiger partial charge in [-0.1, -0.05) is 71.6 Å². The summed E-state index contributed by atoms with van der Waals surface area (Å²) in [6, 6.07) is 0. The Kier molecular flexibility index (Phi) is 10.3. The minimum Gasteiger partial charge on any atom is -0.237 e. The number of rotatable bonds is 13. The maximum Gasteiger partial charge on any atom is 0.256 e. The fourth-order valence-corrected chi connectivity index (χ4v) is 3.00. The maximum absolute atomic E-state index is 2.45. The Balaban J connectivity index is 2.11. The lowest BCUT2D eigenvalue weighted by Crippen LogP contribution is -2.32. The predicted molar refractivity (Wildman–Crippen MR) is 91.4 cm³/mol. The van der Waals surface area contributed by atoms with Crippen molar-refractivity contribution >= 4 is 0 Å². The summed E-state index contributed by atoms with van der Waals surface area (Å²) in [7, 11) is 2.19. The highest BCUT2D eigenvalue weighted by Crippen LogP contribution is 2.11. The molecule has 0 saturated heterocycles. The van der Waals surface area contributed by atoms with E-state index in [0.717, 1.165) is 0 Å². The first kappa shape index (κ1) is 18.3. The first-order valence-electron chi connectivity index (χ1n) is 9.33. The number of imidazole rings is 1. The van der Waals surface area contributed by atoms with E-state index in [-0.39, 0.29) is 0 Å². The number of aryl methyl sites for hydroxylation is 2. The number of hydrogen-bond acceptors (Lipinski definition) is 0. The zero-order chi connectivity index (χ0) is 15.3. The summed E-state index contributed by atoms with van der Waals surface area (Å²) in [6.07, 6.45) is 21.0. The summed E-state index contributed by atoms with van der Waals surface area (Å²) in [4.78, 5) is 0. The normalized spacial score (nSPS) is 11.2. The Bertz CT molecular complexity index is 354. The lowest BCUT2D eigenvalue weighted by Gasteiger charge is -2.03. The molecule has 21 heavy (non-hydrogen) atoms. The molecule has 1 rings (SSSR count). The molecule has 0 bridgehead atoms. The zero-order valence-electron chi connectivity index (χ0n) is 14.7.